The maximum Gasteiger partial charge on any atom is 0.118 e. The lowest BCUT2D eigenvalue weighted by Gasteiger charge is -2.25. The SMILES string of the molecule is COc1ccc(CC(C)N(C)CCc2ccccc2)cc1. The minimum absolute atomic E-state index is 0.530. The summed E-state index contributed by atoms with van der Waals surface area (Å²) >= 11 is 0. The molecule has 112 valence electrons. The minimum atomic E-state index is 0.530. The lowest BCUT2D eigenvalue weighted by molar-refractivity contribution is 0.259. The van der Waals surface area contributed by atoms with Crippen LogP contribution in [0.1, 0.15) is 18.1 Å². The zero-order chi connectivity index (χ0) is 15.1. The van der Waals surface area contributed by atoms with Crippen LogP contribution in [0.3, 0.4) is 0 Å². The van der Waals surface area contributed by atoms with Crippen LogP contribution in [0.2, 0.25) is 0 Å². The van der Waals surface area contributed by atoms with E-state index in [-0.39, 0.29) is 0 Å². The van der Waals surface area contributed by atoms with E-state index in [4.69, 9.17) is 4.74 Å². The van der Waals surface area contributed by atoms with Crippen molar-refractivity contribution >= 4 is 0 Å². The van der Waals surface area contributed by atoms with Gasteiger partial charge in [-0.05, 0) is 50.1 Å². The standard InChI is InChI=1S/C19H25NO/c1-16(15-18-9-11-19(21-3)12-10-18)20(2)14-13-17-7-5-4-6-8-17/h4-12,16H,13-15H2,1-3H3. The summed E-state index contributed by atoms with van der Waals surface area (Å²) in [5.41, 5.74) is 2.76. The molecule has 0 aliphatic rings. The van der Waals surface area contributed by atoms with Gasteiger partial charge in [0, 0.05) is 12.6 Å². The summed E-state index contributed by atoms with van der Waals surface area (Å²) in [5.74, 6) is 0.920. The quantitative estimate of drug-likeness (QED) is 0.766. The largest absolute Gasteiger partial charge is 0.497 e. The van der Waals surface area contributed by atoms with Gasteiger partial charge in [-0.1, -0.05) is 42.5 Å². The lowest BCUT2D eigenvalue weighted by atomic mass is 10.1. The van der Waals surface area contributed by atoms with Crippen molar-refractivity contribution in [1.82, 2.24) is 4.90 Å². The summed E-state index contributed by atoms with van der Waals surface area (Å²) in [7, 11) is 3.91. The Morgan fingerprint density at radius 3 is 2.24 bits per heavy atom. The second kappa shape index (κ2) is 7.84. The Hall–Kier alpha value is -1.80. The number of methoxy groups -OCH3 is 1. The van der Waals surface area contributed by atoms with Crippen molar-refractivity contribution in [2.45, 2.75) is 25.8 Å². The molecule has 1 unspecified atom stereocenters. The first-order chi connectivity index (χ1) is 10.2. The van der Waals surface area contributed by atoms with Crippen LogP contribution < -0.4 is 4.74 Å². The molecule has 21 heavy (non-hydrogen) atoms. The molecule has 0 heterocycles. The van der Waals surface area contributed by atoms with Crippen LogP contribution in [0.4, 0.5) is 0 Å². The van der Waals surface area contributed by atoms with Crippen molar-refractivity contribution in [2.24, 2.45) is 0 Å². The Morgan fingerprint density at radius 2 is 1.62 bits per heavy atom. The molecule has 2 aromatic carbocycles. The highest BCUT2D eigenvalue weighted by atomic mass is 16.5. The number of hydrogen-bond acceptors (Lipinski definition) is 2. The fourth-order valence-electron chi connectivity index (χ4n) is 2.43. The Kier molecular flexibility index (Phi) is 5.82. The van der Waals surface area contributed by atoms with Gasteiger partial charge < -0.3 is 9.64 Å². The molecule has 0 aliphatic carbocycles. The zero-order valence-electron chi connectivity index (χ0n) is 13.3. The second-order valence-corrected chi connectivity index (χ2v) is 5.62. The highest BCUT2D eigenvalue weighted by Gasteiger charge is 2.10. The van der Waals surface area contributed by atoms with E-state index in [0.29, 0.717) is 6.04 Å². The first-order valence-corrected chi connectivity index (χ1v) is 7.56. The number of nitrogens with zero attached hydrogens (tertiary/aromatic N) is 1. The van der Waals surface area contributed by atoms with Gasteiger partial charge in [0.25, 0.3) is 0 Å². The van der Waals surface area contributed by atoms with Gasteiger partial charge in [-0.15, -0.1) is 0 Å². The van der Waals surface area contributed by atoms with Crippen LogP contribution in [0, 0.1) is 0 Å². The van der Waals surface area contributed by atoms with Gasteiger partial charge in [-0.2, -0.15) is 0 Å². The molecule has 0 N–H and O–H groups in total. The Labute approximate surface area is 128 Å². The summed E-state index contributed by atoms with van der Waals surface area (Å²) in [6, 6.07) is 19.6. The van der Waals surface area contributed by atoms with Crippen LogP contribution in [-0.4, -0.2) is 31.6 Å². The first kappa shape index (κ1) is 15.6. The Morgan fingerprint density at radius 1 is 0.952 bits per heavy atom. The molecule has 0 fully saturated rings. The fraction of sp³-hybridized carbons (Fsp3) is 0.368. The number of ether oxygens (including phenoxy) is 1. The van der Waals surface area contributed by atoms with Gasteiger partial charge in [0.2, 0.25) is 0 Å². The molecule has 2 nitrogen and oxygen atoms in total. The predicted molar refractivity (Wildman–Crippen MR) is 88.9 cm³/mol. The summed E-state index contributed by atoms with van der Waals surface area (Å²) in [6.45, 7) is 3.37. The summed E-state index contributed by atoms with van der Waals surface area (Å²) in [4.78, 5) is 2.43. The highest BCUT2D eigenvalue weighted by Crippen LogP contribution is 2.14. The average Bonchev–Trinajstić information content (AvgIpc) is 2.54. The maximum absolute atomic E-state index is 5.20. The third-order valence-electron chi connectivity index (χ3n) is 4.04. The summed E-state index contributed by atoms with van der Waals surface area (Å²) in [6.07, 6.45) is 2.17. The number of benzene rings is 2. The van der Waals surface area contributed by atoms with Crippen molar-refractivity contribution in [2.75, 3.05) is 20.7 Å². The number of rotatable bonds is 7. The predicted octanol–water partition coefficient (Wildman–Crippen LogP) is 3.80. The molecule has 0 saturated heterocycles. The molecule has 0 saturated carbocycles. The van der Waals surface area contributed by atoms with E-state index < -0.39 is 0 Å². The molecule has 0 amide bonds. The van der Waals surface area contributed by atoms with Crippen molar-refractivity contribution in [3.63, 3.8) is 0 Å². The molecule has 0 bridgehead atoms. The minimum Gasteiger partial charge on any atom is -0.497 e. The van der Waals surface area contributed by atoms with Gasteiger partial charge in [0.1, 0.15) is 5.75 Å². The topological polar surface area (TPSA) is 12.5 Å². The van der Waals surface area contributed by atoms with Crippen LogP contribution in [0.5, 0.6) is 5.75 Å². The Balaban J connectivity index is 1.82. The molecule has 0 aliphatic heterocycles. The molecule has 0 aromatic heterocycles. The van der Waals surface area contributed by atoms with E-state index in [9.17, 15) is 0 Å². The third kappa shape index (κ3) is 4.91. The van der Waals surface area contributed by atoms with Gasteiger partial charge in [-0.25, -0.2) is 0 Å². The molecular weight excluding hydrogens is 258 g/mol. The molecule has 0 spiro atoms. The molecule has 1 atom stereocenters. The van der Waals surface area contributed by atoms with E-state index in [2.05, 4.69) is 61.3 Å². The van der Waals surface area contributed by atoms with Crippen molar-refractivity contribution in [3.05, 3.63) is 65.7 Å². The zero-order valence-corrected chi connectivity index (χ0v) is 13.3. The van der Waals surface area contributed by atoms with E-state index in [1.165, 1.54) is 11.1 Å². The van der Waals surface area contributed by atoms with Crippen molar-refractivity contribution in [3.8, 4) is 5.75 Å². The van der Waals surface area contributed by atoms with Gasteiger partial charge >= 0.3 is 0 Å². The average molecular weight is 283 g/mol. The van der Waals surface area contributed by atoms with E-state index in [1.807, 2.05) is 12.1 Å². The molecular formula is C19H25NO. The normalized spacial score (nSPS) is 12.4. The van der Waals surface area contributed by atoms with Crippen LogP contribution in [0.15, 0.2) is 54.6 Å². The summed E-state index contributed by atoms with van der Waals surface area (Å²) in [5, 5.41) is 0. The van der Waals surface area contributed by atoms with Crippen molar-refractivity contribution in [1.29, 1.82) is 0 Å². The van der Waals surface area contributed by atoms with Gasteiger partial charge in [0.15, 0.2) is 0 Å². The van der Waals surface area contributed by atoms with Crippen LogP contribution >= 0.6 is 0 Å². The van der Waals surface area contributed by atoms with E-state index in [0.717, 1.165) is 25.1 Å². The lowest BCUT2D eigenvalue weighted by Crippen LogP contribution is -2.32. The van der Waals surface area contributed by atoms with E-state index >= 15 is 0 Å². The smallest absolute Gasteiger partial charge is 0.118 e. The summed E-state index contributed by atoms with van der Waals surface area (Å²) < 4.78 is 5.20. The fourth-order valence-corrected chi connectivity index (χ4v) is 2.43. The molecule has 0 radical (unpaired) electrons. The highest BCUT2D eigenvalue weighted by molar-refractivity contribution is 5.27. The third-order valence-corrected chi connectivity index (χ3v) is 4.04. The van der Waals surface area contributed by atoms with Crippen LogP contribution in [-0.2, 0) is 12.8 Å². The maximum atomic E-state index is 5.20. The number of hydrogen-bond donors (Lipinski definition) is 0. The van der Waals surface area contributed by atoms with Crippen molar-refractivity contribution < 1.29 is 4.74 Å². The molecule has 2 aromatic rings. The molecule has 2 rings (SSSR count). The first-order valence-electron chi connectivity index (χ1n) is 7.56. The van der Waals surface area contributed by atoms with Crippen LogP contribution in [0.25, 0.3) is 0 Å². The van der Waals surface area contributed by atoms with Gasteiger partial charge in [-0.3, -0.25) is 0 Å². The molecule has 2 heteroatoms. The van der Waals surface area contributed by atoms with Gasteiger partial charge in [0.05, 0.1) is 7.11 Å². The monoisotopic (exact) mass is 283 g/mol. The Bertz CT molecular complexity index is 521. The number of likely N-dealkylation sites (N-methyl/N-ethyl adjacent to an activating group) is 1. The second-order valence-electron chi connectivity index (χ2n) is 5.62. The van der Waals surface area contributed by atoms with E-state index in [1.54, 1.807) is 7.11 Å².